The predicted molar refractivity (Wildman–Crippen MR) is 126 cm³/mol. The molecule has 8 nitrogen and oxygen atoms in total. The Balaban J connectivity index is 1.39. The van der Waals surface area contributed by atoms with E-state index in [1.165, 1.54) is 6.33 Å². The summed E-state index contributed by atoms with van der Waals surface area (Å²) in [6, 6.07) is 16.2. The van der Waals surface area contributed by atoms with Gasteiger partial charge in [0, 0.05) is 17.3 Å². The van der Waals surface area contributed by atoms with Gasteiger partial charge in [-0.3, -0.25) is 4.79 Å². The molecule has 174 valence electrons. The van der Waals surface area contributed by atoms with Gasteiger partial charge in [-0.25, -0.2) is 14.8 Å². The number of nitrogens with one attached hydrogen (secondary N) is 2. The molecule has 3 N–H and O–H groups in total. The van der Waals surface area contributed by atoms with Gasteiger partial charge in [0.25, 0.3) is 0 Å². The third-order valence-corrected chi connectivity index (χ3v) is 6.74. The normalized spacial score (nSPS) is 17.3. The molecule has 1 unspecified atom stereocenters. The van der Waals surface area contributed by atoms with E-state index < -0.39 is 17.5 Å². The highest BCUT2D eigenvalue weighted by Crippen LogP contribution is 2.48. The van der Waals surface area contributed by atoms with Crippen molar-refractivity contribution in [2.75, 3.05) is 25.0 Å². The maximum absolute atomic E-state index is 13.4. The van der Waals surface area contributed by atoms with E-state index in [2.05, 4.69) is 20.6 Å². The Labute approximate surface area is 197 Å². The lowest BCUT2D eigenvalue weighted by atomic mass is 9.84. The number of rotatable bonds is 6. The Morgan fingerprint density at radius 1 is 1.06 bits per heavy atom. The molecule has 1 aromatic heterocycles. The van der Waals surface area contributed by atoms with Gasteiger partial charge in [-0.2, -0.15) is 0 Å². The summed E-state index contributed by atoms with van der Waals surface area (Å²) in [5.74, 6) is -1.19. The average Bonchev–Trinajstić information content (AvgIpc) is 3.15. The molecule has 0 radical (unpaired) electrons. The van der Waals surface area contributed by atoms with Gasteiger partial charge in [0.15, 0.2) is 0 Å². The number of aliphatic hydroxyl groups is 1. The monoisotopic (exact) mass is 458 g/mol. The fraction of sp³-hybridized carbons (Fsp3) is 0.308. The Kier molecular flexibility index (Phi) is 6.08. The van der Waals surface area contributed by atoms with Gasteiger partial charge in [0.2, 0.25) is 11.5 Å². The largest absolute Gasteiger partial charge is 0.462 e. The van der Waals surface area contributed by atoms with Gasteiger partial charge in [0.1, 0.15) is 18.8 Å². The van der Waals surface area contributed by atoms with Crippen LogP contribution in [0.15, 0.2) is 67.1 Å². The fourth-order valence-electron chi connectivity index (χ4n) is 4.96. The van der Waals surface area contributed by atoms with Crippen LogP contribution in [0.4, 0.5) is 5.82 Å². The van der Waals surface area contributed by atoms with Crippen molar-refractivity contribution >= 4 is 17.7 Å². The molecule has 0 spiro atoms. The van der Waals surface area contributed by atoms with E-state index >= 15 is 0 Å². The van der Waals surface area contributed by atoms with Crippen molar-refractivity contribution in [3.63, 3.8) is 0 Å². The van der Waals surface area contributed by atoms with Crippen molar-refractivity contribution in [2.24, 2.45) is 11.8 Å². The van der Waals surface area contributed by atoms with E-state index in [-0.39, 0.29) is 18.4 Å². The first-order valence-electron chi connectivity index (χ1n) is 11.5. The molecule has 2 heterocycles. The van der Waals surface area contributed by atoms with Crippen LogP contribution in [0.5, 0.6) is 0 Å². The number of carbonyl (C=O) groups is 2. The Morgan fingerprint density at radius 3 is 2.32 bits per heavy atom. The number of ether oxygens (including phenoxy) is 1. The first-order valence-corrected chi connectivity index (χ1v) is 11.5. The molecule has 2 aliphatic rings. The lowest BCUT2D eigenvalue weighted by molar-refractivity contribution is -0.164. The maximum atomic E-state index is 13.4. The molecule has 0 bridgehead atoms. The number of fused-ring (bicyclic) bond motifs is 3. The zero-order valence-electron chi connectivity index (χ0n) is 18.6. The number of nitrogens with zero attached hydrogens (tertiary/aromatic N) is 2. The first kappa shape index (κ1) is 22.2. The zero-order valence-corrected chi connectivity index (χ0v) is 18.6. The minimum absolute atomic E-state index is 0.0358. The van der Waals surface area contributed by atoms with E-state index in [1.807, 2.05) is 24.3 Å². The van der Waals surface area contributed by atoms with Crippen molar-refractivity contribution in [3.05, 3.63) is 78.2 Å². The standard InChI is InChI=1S/C26H26N4O4/c31-24(30-23-11-14-28-16-29-23)20(17-9-12-27-13-10-17)15-34-25(32)26(33)21-7-3-1-5-18(21)19-6-2-4-8-22(19)26/h1-8,11,14,16-17,20,27,33H,9-10,12-13,15H2,(H,28,29,30,31). The number of anilines is 1. The SMILES string of the molecule is O=C(Nc1ccncn1)C(COC(=O)C1(O)c2ccccc2-c2ccccc21)C1CCNCC1. The van der Waals surface area contributed by atoms with E-state index in [9.17, 15) is 14.7 Å². The number of amides is 1. The predicted octanol–water partition coefficient (Wildman–Crippen LogP) is 2.49. The number of hydrogen-bond donors (Lipinski definition) is 3. The molecule has 1 atom stereocenters. The average molecular weight is 459 g/mol. The first-order chi connectivity index (χ1) is 16.6. The Morgan fingerprint density at radius 2 is 1.71 bits per heavy atom. The van der Waals surface area contributed by atoms with Crippen molar-refractivity contribution in [1.29, 1.82) is 0 Å². The smallest absolute Gasteiger partial charge is 0.347 e. The highest BCUT2D eigenvalue weighted by atomic mass is 16.5. The van der Waals surface area contributed by atoms with Crippen LogP contribution in [0.1, 0.15) is 24.0 Å². The molecule has 2 aromatic carbocycles. The summed E-state index contributed by atoms with van der Waals surface area (Å²) < 4.78 is 5.71. The molecule has 34 heavy (non-hydrogen) atoms. The molecule has 1 fully saturated rings. The fourth-order valence-corrected chi connectivity index (χ4v) is 4.96. The summed E-state index contributed by atoms with van der Waals surface area (Å²) >= 11 is 0. The van der Waals surface area contributed by atoms with Crippen molar-refractivity contribution in [1.82, 2.24) is 15.3 Å². The van der Waals surface area contributed by atoms with Gasteiger partial charge in [-0.1, -0.05) is 48.5 Å². The molecular formula is C26H26N4O4. The highest BCUT2D eigenvalue weighted by Gasteiger charge is 2.49. The lowest BCUT2D eigenvalue weighted by Crippen LogP contribution is -2.42. The number of carbonyl (C=O) groups excluding carboxylic acids is 2. The number of hydrogen-bond acceptors (Lipinski definition) is 7. The lowest BCUT2D eigenvalue weighted by Gasteiger charge is -2.31. The molecule has 1 aliphatic heterocycles. The summed E-state index contributed by atoms with van der Waals surface area (Å²) in [7, 11) is 0. The Hall–Kier alpha value is -3.62. The molecule has 1 aliphatic carbocycles. The molecule has 3 aromatic rings. The summed E-state index contributed by atoms with van der Waals surface area (Å²) in [4.78, 5) is 34.5. The summed E-state index contributed by atoms with van der Waals surface area (Å²) in [5, 5.41) is 17.8. The number of aromatic nitrogens is 2. The topological polar surface area (TPSA) is 113 Å². The maximum Gasteiger partial charge on any atom is 0.347 e. The quantitative estimate of drug-likeness (QED) is 0.487. The summed E-state index contributed by atoms with van der Waals surface area (Å²) in [6.07, 6.45) is 4.48. The van der Waals surface area contributed by atoms with Crippen molar-refractivity contribution < 1.29 is 19.4 Å². The van der Waals surface area contributed by atoms with Crippen LogP contribution in [0, 0.1) is 11.8 Å². The second-order valence-corrected chi connectivity index (χ2v) is 8.68. The number of benzene rings is 2. The molecule has 1 saturated heterocycles. The molecule has 0 saturated carbocycles. The van der Waals surface area contributed by atoms with Crippen LogP contribution in [0.3, 0.4) is 0 Å². The molecule has 5 rings (SSSR count). The van der Waals surface area contributed by atoms with Crippen LogP contribution in [-0.4, -0.2) is 46.6 Å². The van der Waals surface area contributed by atoms with Gasteiger partial charge in [-0.15, -0.1) is 0 Å². The minimum Gasteiger partial charge on any atom is -0.462 e. The van der Waals surface area contributed by atoms with E-state index in [0.29, 0.717) is 16.9 Å². The van der Waals surface area contributed by atoms with Crippen LogP contribution >= 0.6 is 0 Å². The van der Waals surface area contributed by atoms with Crippen molar-refractivity contribution in [3.8, 4) is 11.1 Å². The minimum atomic E-state index is -1.92. The van der Waals surface area contributed by atoms with E-state index in [0.717, 1.165) is 37.1 Å². The van der Waals surface area contributed by atoms with Gasteiger partial charge >= 0.3 is 5.97 Å². The van der Waals surface area contributed by atoms with E-state index in [4.69, 9.17) is 4.74 Å². The summed E-state index contributed by atoms with van der Waals surface area (Å²) in [6.45, 7) is 1.45. The third kappa shape index (κ3) is 3.95. The van der Waals surface area contributed by atoms with Crippen LogP contribution in [-0.2, 0) is 19.9 Å². The van der Waals surface area contributed by atoms with Gasteiger partial charge in [-0.05, 0) is 49.0 Å². The molecular weight excluding hydrogens is 432 g/mol. The number of piperidine rings is 1. The van der Waals surface area contributed by atoms with E-state index in [1.54, 1.807) is 36.5 Å². The number of esters is 1. The van der Waals surface area contributed by atoms with Crippen LogP contribution < -0.4 is 10.6 Å². The van der Waals surface area contributed by atoms with Crippen molar-refractivity contribution in [2.45, 2.75) is 18.4 Å². The second kappa shape index (κ2) is 9.32. The molecule has 1 amide bonds. The van der Waals surface area contributed by atoms with Gasteiger partial charge < -0.3 is 20.5 Å². The molecule has 8 heteroatoms. The highest BCUT2D eigenvalue weighted by molar-refractivity contribution is 5.96. The Bertz CT molecular complexity index is 1150. The van der Waals surface area contributed by atoms with Crippen LogP contribution in [0.25, 0.3) is 11.1 Å². The summed E-state index contributed by atoms with van der Waals surface area (Å²) in [5.41, 5.74) is 0.660. The zero-order chi connectivity index (χ0) is 23.5. The van der Waals surface area contributed by atoms with Crippen LogP contribution in [0.2, 0.25) is 0 Å². The second-order valence-electron chi connectivity index (χ2n) is 8.68. The van der Waals surface area contributed by atoms with Gasteiger partial charge in [0.05, 0.1) is 5.92 Å². The third-order valence-electron chi connectivity index (χ3n) is 6.74.